The minimum atomic E-state index is -1.75. The standard InChI is InChI=1S/C60H45NS/c1-6-16-46(17-7-1)48-26-28-49(29-27-48)51-32-40-55(41-33-51)61(54-38-30-50(31-39-54)47-18-8-2-9-19-47)56-42-34-52(35-43-56)53-36-44-60(45-37-53)62(57-20-10-3-11-21-57,58-22-12-4-13-23-58)59-24-14-5-15-25-59/h1-45H. The quantitative estimate of drug-likeness (QED) is 0.126. The van der Waals surface area contributed by atoms with Gasteiger partial charge in [0, 0.05) is 36.6 Å². The second-order valence-corrected chi connectivity index (χ2v) is 18.5. The molecule has 0 spiro atoms. The molecule has 0 aliphatic carbocycles. The van der Waals surface area contributed by atoms with E-state index in [2.05, 4.69) is 278 Å². The van der Waals surface area contributed by atoms with E-state index < -0.39 is 10.0 Å². The molecule has 0 N–H and O–H groups in total. The van der Waals surface area contributed by atoms with Gasteiger partial charge in [0.15, 0.2) is 0 Å². The Morgan fingerprint density at radius 3 is 0.645 bits per heavy atom. The predicted octanol–water partition coefficient (Wildman–Crippen LogP) is 17.2. The summed E-state index contributed by atoms with van der Waals surface area (Å²) in [7, 11) is -1.75. The highest BCUT2D eigenvalue weighted by Crippen LogP contribution is 2.73. The average molecular weight is 812 g/mol. The Labute approximate surface area is 367 Å². The van der Waals surface area contributed by atoms with Crippen LogP contribution < -0.4 is 4.90 Å². The van der Waals surface area contributed by atoms with Gasteiger partial charge in [-0.05, 0) is 129 Å². The molecule has 0 amide bonds. The molecule has 296 valence electrons. The Kier molecular flexibility index (Phi) is 10.9. The smallest absolute Gasteiger partial charge is 0.0462 e. The molecule has 0 aromatic heterocycles. The fraction of sp³-hybridized carbons (Fsp3) is 0. The van der Waals surface area contributed by atoms with Crippen LogP contribution in [0.3, 0.4) is 0 Å². The molecule has 10 aromatic rings. The van der Waals surface area contributed by atoms with Crippen LogP contribution in [0.1, 0.15) is 0 Å². The third kappa shape index (κ3) is 7.65. The largest absolute Gasteiger partial charge is 0.311 e. The third-order valence-electron chi connectivity index (χ3n) is 11.6. The van der Waals surface area contributed by atoms with E-state index in [0.717, 1.165) is 17.1 Å². The zero-order chi connectivity index (χ0) is 41.6. The van der Waals surface area contributed by atoms with Crippen LogP contribution in [0.5, 0.6) is 0 Å². The molecular weight excluding hydrogens is 767 g/mol. The first-order valence-corrected chi connectivity index (χ1v) is 22.8. The van der Waals surface area contributed by atoms with E-state index in [9.17, 15) is 0 Å². The van der Waals surface area contributed by atoms with E-state index in [4.69, 9.17) is 0 Å². The summed E-state index contributed by atoms with van der Waals surface area (Å²) in [6, 6.07) is 99.2. The van der Waals surface area contributed by atoms with Crippen molar-refractivity contribution in [3.8, 4) is 44.5 Å². The summed E-state index contributed by atoms with van der Waals surface area (Å²) in [5.41, 5.74) is 12.9. The van der Waals surface area contributed by atoms with Crippen LogP contribution in [-0.2, 0) is 0 Å². The van der Waals surface area contributed by atoms with Crippen molar-refractivity contribution >= 4 is 27.1 Å². The number of hydrogen-bond acceptors (Lipinski definition) is 1. The molecule has 0 fully saturated rings. The Bertz CT molecular complexity index is 2870. The average Bonchev–Trinajstić information content (AvgIpc) is 3.37. The number of hydrogen-bond donors (Lipinski definition) is 0. The molecule has 0 heterocycles. The van der Waals surface area contributed by atoms with E-state index >= 15 is 0 Å². The lowest BCUT2D eigenvalue weighted by Crippen LogP contribution is -2.09. The maximum atomic E-state index is 2.35. The third-order valence-corrected chi connectivity index (χ3v) is 15.6. The van der Waals surface area contributed by atoms with Gasteiger partial charge in [-0.2, -0.15) is 0 Å². The molecule has 0 aliphatic rings. The maximum absolute atomic E-state index is 2.35. The van der Waals surface area contributed by atoms with Crippen LogP contribution >= 0.6 is 10.0 Å². The lowest BCUT2D eigenvalue weighted by Gasteiger charge is -2.42. The molecular formula is C60H45NS. The summed E-state index contributed by atoms with van der Waals surface area (Å²) < 4.78 is 0. The van der Waals surface area contributed by atoms with Crippen molar-refractivity contribution in [1.29, 1.82) is 0 Å². The predicted molar refractivity (Wildman–Crippen MR) is 263 cm³/mol. The highest BCUT2D eigenvalue weighted by molar-refractivity contribution is 8.34. The first-order chi connectivity index (χ1) is 30.7. The molecule has 2 heteroatoms. The lowest BCUT2D eigenvalue weighted by atomic mass is 10.00. The first kappa shape index (κ1) is 38.5. The zero-order valence-electron chi connectivity index (χ0n) is 34.3. The van der Waals surface area contributed by atoms with Gasteiger partial charge < -0.3 is 4.90 Å². The van der Waals surface area contributed by atoms with E-state index in [0.29, 0.717) is 0 Å². The fourth-order valence-electron chi connectivity index (χ4n) is 8.51. The highest BCUT2D eigenvalue weighted by Gasteiger charge is 2.33. The van der Waals surface area contributed by atoms with Crippen molar-refractivity contribution in [1.82, 2.24) is 0 Å². The Morgan fingerprint density at radius 1 is 0.177 bits per heavy atom. The van der Waals surface area contributed by atoms with Gasteiger partial charge in [0.05, 0.1) is 0 Å². The summed E-state index contributed by atoms with van der Waals surface area (Å²) in [6.07, 6.45) is 0. The second-order valence-electron chi connectivity index (χ2n) is 15.4. The van der Waals surface area contributed by atoms with Crippen molar-refractivity contribution < 1.29 is 0 Å². The monoisotopic (exact) mass is 811 g/mol. The molecule has 0 unspecified atom stereocenters. The lowest BCUT2D eigenvalue weighted by molar-refractivity contribution is 1.24. The van der Waals surface area contributed by atoms with E-state index in [1.807, 2.05) is 0 Å². The van der Waals surface area contributed by atoms with Gasteiger partial charge in [-0.25, -0.2) is 0 Å². The minimum absolute atomic E-state index is 1.10. The molecule has 0 radical (unpaired) electrons. The van der Waals surface area contributed by atoms with Gasteiger partial charge in [-0.1, -0.05) is 188 Å². The maximum Gasteiger partial charge on any atom is 0.0462 e. The van der Waals surface area contributed by atoms with Crippen LogP contribution in [0.15, 0.2) is 293 Å². The fourth-order valence-corrected chi connectivity index (χ4v) is 12.4. The summed E-state index contributed by atoms with van der Waals surface area (Å²) in [5.74, 6) is 0. The molecule has 0 bridgehead atoms. The van der Waals surface area contributed by atoms with Crippen molar-refractivity contribution in [3.63, 3.8) is 0 Å². The summed E-state index contributed by atoms with van der Waals surface area (Å²) in [6.45, 7) is 0. The zero-order valence-corrected chi connectivity index (χ0v) is 35.2. The molecule has 0 aliphatic heterocycles. The SMILES string of the molecule is c1ccc(-c2ccc(-c3ccc(N(c4ccc(-c5ccccc5)cc4)c4ccc(-c5ccc(S(c6ccccc6)(c6ccccc6)c6ccccc6)cc5)cc4)cc3)cc2)cc1. The van der Waals surface area contributed by atoms with Crippen molar-refractivity contribution in [2.75, 3.05) is 4.90 Å². The van der Waals surface area contributed by atoms with Crippen LogP contribution in [-0.4, -0.2) is 0 Å². The van der Waals surface area contributed by atoms with Gasteiger partial charge in [0.2, 0.25) is 0 Å². The number of rotatable bonds is 11. The molecule has 0 atom stereocenters. The number of nitrogens with zero attached hydrogens (tertiary/aromatic N) is 1. The summed E-state index contributed by atoms with van der Waals surface area (Å²) >= 11 is 0. The van der Waals surface area contributed by atoms with Gasteiger partial charge in [0.25, 0.3) is 0 Å². The highest BCUT2D eigenvalue weighted by atomic mass is 32.3. The second kappa shape index (κ2) is 17.5. The summed E-state index contributed by atoms with van der Waals surface area (Å²) in [5, 5.41) is 0. The molecule has 62 heavy (non-hydrogen) atoms. The van der Waals surface area contributed by atoms with Crippen LogP contribution in [0, 0.1) is 0 Å². The van der Waals surface area contributed by atoms with E-state index in [1.165, 1.54) is 64.1 Å². The summed E-state index contributed by atoms with van der Waals surface area (Å²) in [4.78, 5) is 7.62. The van der Waals surface area contributed by atoms with Crippen molar-refractivity contribution in [3.05, 3.63) is 273 Å². The normalized spacial score (nSPS) is 11.5. The topological polar surface area (TPSA) is 3.24 Å². The van der Waals surface area contributed by atoms with Crippen LogP contribution in [0.4, 0.5) is 17.1 Å². The van der Waals surface area contributed by atoms with Gasteiger partial charge in [0.1, 0.15) is 0 Å². The minimum Gasteiger partial charge on any atom is -0.311 e. The number of anilines is 3. The van der Waals surface area contributed by atoms with E-state index in [1.54, 1.807) is 0 Å². The van der Waals surface area contributed by atoms with E-state index in [-0.39, 0.29) is 0 Å². The van der Waals surface area contributed by atoms with Gasteiger partial charge in [-0.3, -0.25) is 0 Å². The Morgan fingerprint density at radius 2 is 0.371 bits per heavy atom. The van der Waals surface area contributed by atoms with Crippen LogP contribution in [0.2, 0.25) is 0 Å². The molecule has 0 saturated carbocycles. The molecule has 10 aromatic carbocycles. The first-order valence-electron chi connectivity index (χ1n) is 21.1. The van der Waals surface area contributed by atoms with Crippen molar-refractivity contribution in [2.45, 2.75) is 19.6 Å². The number of benzene rings is 10. The van der Waals surface area contributed by atoms with Gasteiger partial charge in [-0.15, -0.1) is 10.0 Å². The van der Waals surface area contributed by atoms with Crippen LogP contribution in [0.25, 0.3) is 44.5 Å². The Hall–Kier alpha value is -7.65. The van der Waals surface area contributed by atoms with Gasteiger partial charge >= 0.3 is 0 Å². The molecule has 10 rings (SSSR count). The van der Waals surface area contributed by atoms with Crippen molar-refractivity contribution in [2.24, 2.45) is 0 Å². The molecule has 0 saturated heterocycles. The Balaban J connectivity index is 0.990. The molecule has 1 nitrogen and oxygen atoms in total.